The minimum atomic E-state index is -0.411. The molecule has 0 amide bonds. The molecule has 9 heteroatoms. The number of aliphatic hydroxyl groups excluding tert-OH is 1. The second kappa shape index (κ2) is 5.67. The summed E-state index contributed by atoms with van der Waals surface area (Å²) in [5.74, 6) is 0.567. The second-order valence-electron chi connectivity index (χ2n) is 6.62. The van der Waals surface area contributed by atoms with E-state index in [1.54, 1.807) is 22.1 Å². The van der Waals surface area contributed by atoms with E-state index in [2.05, 4.69) is 19.9 Å². The first-order valence-corrected chi connectivity index (χ1v) is 8.04. The first-order chi connectivity index (χ1) is 11.5. The highest BCUT2D eigenvalue weighted by atomic mass is 16.5. The third-order valence-corrected chi connectivity index (χ3v) is 4.64. The van der Waals surface area contributed by atoms with Crippen molar-refractivity contribution in [1.29, 1.82) is 0 Å². The minimum Gasteiger partial charge on any atom is -0.390 e. The quantitative estimate of drug-likeness (QED) is 0.622. The van der Waals surface area contributed by atoms with Crippen LogP contribution in [0.2, 0.25) is 0 Å². The van der Waals surface area contributed by atoms with Crippen LogP contribution in [0.3, 0.4) is 0 Å². The van der Waals surface area contributed by atoms with E-state index in [4.69, 9.17) is 4.74 Å². The molecule has 1 saturated carbocycles. The van der Waals surface area contributed by atoms with Crippen molar-refractivity contribution in [3.8, 4) is 0 Å². The Morgan fingerprint density at radius 2 is 2.33 bits per heavy atom. The Morgan fingerprint density at radius 3 is 3.08 bits per heavy atom. The van der Waals surface area contributed by atoms with Gasteiger partial charge >= 0.3 is 0 Å². The lowest BCUT2D eigenvalue weighted by Gasteiger charge is -2.16. The zero-order valence-corrected chi connectivity index (χ0v) is 13.6. The summed E-state index contributed by atoms with van der Waals surface area (Å²) in [4.78, 5) is 29.3. The Kier molecular flexibility index (Phi) is 3.61. The van der Waals surface area contributed by atoms with Crippen LogP contribution in [-0.2, 0) is 4.74 Å². The first kappa shape index (κ1) is 15.3. The zero-order chi connectivity index (χ0) is 16.8. The van der Waals surface area contributed by atoms with Gasteiger partial charge < -0.3 is 14.7 Å². The highest BCUT2D eigenvalue weighted by Crippen LogP contribution is 2.43. The van der Waals surface area contributed by atoms with E-state index in [1.807, 2.05) is 14.1 Å². The molecule has 0 bridgehead atoms. The van der Waals surface area contributed by atoms with E-state index >= 15 is 0 Å². The maximum Gasteiger partial charge on any atom is 0.280 e. The van der Waals surface area contributed by atoms with Gasteiger partial charge in [0, 0.05) is 14.1 Å². The van der Waals surface area contributed by atoms with Gasteiger partial charge in [0.05, 0.1) is 24.9 Å². The fraction of sp³-hybridized carbons (Fsp3) is 0.600. The second-order valence-corrected chi connectivity index (χ2v) is 6.62. The summed E-state index contributed by atoms with van der Waals surface area (Å²) < 4.78 is 7.77. The van der Waals surface area contributed by atoms with Gasteiger partial charge in [0.1, 0.15) is 6.23 Å². The molecule has 2 unspecified atom stereocenters. The number of nitrogens with one attached hydrogen (secondary N) is 1. The molecule has 2 aliphatic rings. The molecular weight excluding hydrogens is 312 g/mol. The fourth-order valence-corrected chi connectivity index (χ4v) is 3.51. The van der Waals surface area contributed by atoms with Crippen LogP contribution in [0.1, 0.15) is 25.5 Å². The number of H-pyrrole nitrogens is 1. The van der Waals surface area contributed by atoms with Crippen LogP contribution >= 0.6 is 0 Å². The average Bonchev–Trinajstić information content (AvgIpc) is 3.21. The van der Waals surface area contributed by atoms with Crippen LogP contribution in [-0.4, -0.2) is 62.2 Å². The van der Waals surface area contributed by atoms with Gasteiger partial charge in [-0.1, -0.05) is 0 Å². The topological polar surface area (TPSA) is 109 Å². The molecule has 2 aromatic heterocycles. The molecule has 1 aliphatic carbocycles. The van der Waals surface area contributed by atoms with E-state index in [9.17, 15) is 9.90 Å². The van der Waals surface area contributed by atoms with Crippen LogP contribution in [0.4, 0.5) is 5.95 Å². The number of ether oxygens (including phenoxy) is 1. The van der Waals surface area contributed by atoms with Gasteiger partial charge in [-0.25, -0.2) is 9.98 Å². The minimum absolute atomic E-state index is 0.138. The maximum absolute atomic E-state index is 12.2. The molecule has 2 fully saturated rings. The van der Waals surface area contributed by atoms with Gasteiger partial charge in [-0.15, -0.1) is 0 Å². The number of aliphatic imine (C=N–C) groups is 1. The summed E-state index contributed by atoms with van der Waals surface area (Å²) in [6.07, 6.45) is 4.86. The third-order valence-electron chi connectivity index (χ3n) is 4.64. The molecule has 0 aromatic carbocycles. The zero-order valence-electron chi connectivity index (χ0n) is 13.6. The highest BCUT2D eigenvalue weighted by molar-refractivity contribution is 5.71. The Morgan fingerprint density at radius 1 is 1.50 bits per heavy atom. The van der Waals surface area contributed by atoms with Crippen molar-refractivity contribution in [3.63, 3.8) is 0 Å². The van der Waals surface area contributed by atoms with Gasteiger partial charge in [0.2, 0.25) is 5.95 Å². The highest BCUT2D eigenvalue weighted by Gasteiger charge is 2.44. The van der Waals surface area contributed by atoms with E-state index in [-0.39, 0.29) is 29.4 Å². The van der Waals surface area contributed by atoms with Crippen molar-refractivity contribution in [2.24, 2.45) is 10.9 Å². The number of aliphatic hydroxyl groups is 1. The Bertz CT molecular complexity index is 841. The normalized spacial score (nSPS) is 29.6. The van der Waals surface area contributed by atoms with Gasteiger partial charge in [0.15, 0.2) is 11.2 Å². The lowest BCUT2D eigenvalue weighted by Crippen LogP contribution is -2.23. The van der Waals surface area contributed by atoms with Crippen LogP contribution in [0, 0.1) is 5.92 Å². The maximum atomic E-state index is 12.2. The van der Waals surface area contributed by atoms with Crippen LogP contribution < -0.4 is 5.56 Å². The number of rotatable bonds is 3. The Labute approximate surface area is 138 Å². The molecule has 4 atom stereocenters. The number of aromatic amines is 1. The molecule has 3 heterocycles. The molecule has 1 aliphatic heterocycles. The van der Waals surface area contributed by atoms with Crippen LogP contribution in [0.5, 0.6) is 0 Å². The van der Waals surface area contributed by atoms with Crippen molar-refractivity contribution in [2.75, 3.05) is 14.1 Å². The smallest absolute Gasteiger partial charge is 0.280 e. The SMILES string of the molecule is CN(C)/C=N/c1nc2c(ncn2[C@@H]2C[C@H]3CCC(O)C3O2)c(=O)[nH]1. The third kappa shape index (κ3) is 2.49. The number of hydrogen-bond acceptors (Lipinski definition) is 6. The lowest BCUT2D eigenvalue weighted by molar-refractivity contribution is -0.0525. The summed E-state index contributed by atoms with van der Waals surface area (Å²) in [5.41, 5.74) is 0.381. The molecule has 4 rings (SSSR count). The molecule has 9 nitrogen and oxygen atoms in total. The summed E-state index contributed by atoms with van der Waals surface area (Å²) >= 11 is 0. The largest absolute Gasteiger partial charge is 0.390 e. The van der Waals surface area contributed by atoms with Crippen LogP contribution in [0.15, 0.2) is 16.1 Å². The molecular formula is C15H20N6O3. The molecule has 0 spiro atoms. The number of aromatic nitrogens is 4. The van der Waals surface area contributed by atoms with Crippen molar-refractivity contribution < 1.29 is 9.84 Å². The molecule has 0 radical (unpaired) electrons. The van der Waals surface area contributed by atoms with Crippen molar-refractivity contribution >= 4 is 23.5 Å². The first-order valence-electron chi connectivity index (χ1n) is 8.04. The standard InChI is InChI=1S/C15H20N6O3/c1-20(2)6-17-15-18-13-11(14(23)19-15)16-7-21(13)10-5-8-3-4-9(22)12(8)24-10/h6-10,12,22H,3-5H2,1-2H3,(H,18,19,23)/b17-6+/t8-,9?,10+,12?/m1/s1. The molecule has 2 aromatic rings. The van der Waals surface area contributed by atoms with Gasteiger partial charge in [-0.3, -0.25) is 14.3 Å². The summed E-state index contributed by atoms with van der Waals surface area (Å²) in [6, 6.07) is 0. The van der Waals surface area contributed by atoms with Gasteiger partial charge in [-0.2, -0.15) is 4.98 Å². The van der Waals surface area contributed by atoms with Crippen molar-refractivity contribution in [1.82, 2.24) is 24.4 Å². The molecule has 2 N–H and O–H groups in total. The summed E-state index contributed by atoms with van der Waals surface area (Å²) in [7, 11) is 3.67. The number of imidazole rings is 1. The Hall–Kier alpha value is -2.26. The molecule has 1 saturated heterocycles. The number of fused-ring (bicyclic) bond motifs is 2. The van der Waals surface area contributed by atoms with E-state index in [1.165, 1.54) is 0 Å². The predicted octanol–water partition coefficient (Wildman–Crippen LogP) is 0.399. The fourth-order valence-electron chi connectivity index (χ4n) is 3.51. The summed E-state index contributed by atoms with van der Waals surface area (Å²) in [5, 5.41) is 9.99. The predicted molar refractivity (Wildman–Crippen MR) is 87.2 cm³/mol. The molecule has 128 valence electrons. The number of nitrogens with zero attached hydrogens (tertiary/aromatic N) is 5. The van der Waals surface area contributed by atoms with E-state index < -0.39 is 6.10 Å². The summed E-state index contributed by atoms with van der Waals surface area (Å²) in [6.45, 7) is 0. The number of hydrogen-bond donors (Lipinski definition) is 2. The van der Waals surface area contributed by atoms with Crippen molar-refractivity contribution in [2.45, 2.75) is 37.7 Å². The van der Waals surface area contributed by atoms with Gasteiger partial charge in [-0.05, 0) is 25.2 Å². The van der Waals surface area contributed by atoms with E-state index in [0.29, 0.717) is 11.6 Å². The van der Waals surface area contributed by atoms with Crippen molar-refractivity contribution in [3.05, 3.63) is 16.7 Å². The average molecular weight is 332 g/mol. The Balaban J connectivity index is 1.70. The van der Waals surface area contributed by atoms with E-state index in [0.717, 1.165) is 19.3 Å². The lowest BCUT2D eigenvalue weighted by atomic mass is 10.0. The molecule has 24 heavy (non-hydrogen) atoms. The monoisotopic (exact) mass is 332 g/mol. The van der Waals surface area contributed by atoms with Gasteiger partial charge in [0.25, 0.3) is 5.56 Å². The van der Waals surface area contributed by atoms with Crippen LogP contribution in [0.25, 0.3) is 11.2 Å².